The largest absolute Gasteiger partial charge is 0.504 e. The number of aromatic hydroxyl groups is 2. The first-order valence-corrected chi connectivity index (χ1v) is 5.30. The summed E-state index contributed by atoms with van der Waals surface area (Å²) in [5.74, 6) is -1.04. The summed E-state index contributed by atoms with van der Waals surface area (Å²) in [7, 11) is 0. The molecule has 0 aliphatic heterocycles. The first kappa shape index (κ1) is 8.47. The smallest absolute Gasteiger partial charge is 0.293 e. The van der Waals surface area contributed by atoms with Crippen LogP contribution in [0, 0.1) is 0 Å². The van der Waals surface area contributed by atoms with Crippen LogP contribution in [-0.4, -0.2) is 24.6 Å². The van der Waals surface area contributed by atoms with E-state index in [4.69, 9.17) is 2.86 Å². The molecule has 1 aliphatic rings. The lowest BCUT2D eigenvalue weighted by Crippen LogP contribution is -2.20. The number of carbonyl (C=O) groups is 2. The van der Waals surface area contributed by atoms with E-state index in [1.165, 1.54) is 12.1 Å². The summed E-state index contributed by atoms with van der Waals surface area (Å²) in [6.45, 7) is 0. The third kappa shape index (κ3) is 1.20. The molecule has 4 nitrogen and oxygen atoms in total. The highest BCUT2D eigenvalue weighted by Gasteiger charge is 2.32. The molecule has 0 amide bonds. The average molecular weight is 242 g/mol. The number of benzene rings is 2. The van der Waals surface area contributed by atoms with Gasteiger partial charge in [-0.3, -0.25) is 9.59 Å². The average Bonchev–Trinajstić information content (AvgIpc) is 2.51. The Hall–Kier alpha value is -2.62. The molecule has 0 aromatic heterocycles. The van der Waals surface area contributed by atoms with Crippen molar-refractivity contribution in [3.05, 3.63) is 58.7 Å². The first-order chi connectivity index (χ1) is 9.69. The highest BCUT2D eigenvalue weighted by molar-refractivity contribution is 6.29. The summed E-state index contributed by atoms with van der Waals surface area (Å²) in [5.41, 5.74) is 0.691. The number of phenols is 2. The van der Waals surface area contributed by atoms with Crippen LogP contribution < -0.4 is 0 Å². The molecule has 18 heavy (non-hydrogen) atoms. The van der Waals surface area contributed by atoms with Crippen molar-refractivity contribution in [3.8, 4) is 11.5 Å². The second-order valence-electron chi connectivity index (χ2n) is 4.02. The topological polar surface area (TPSA) is 74.6 Å². The van der Waals surface area contributed by atoms with Crippen molar-refractivity contribution in [2.75, 3.05) is 0 Å². The van der Waals surface area contributed by atoms with Gasteiger partial charge in [0, 0.05) is 16.7 Å². The lowest BCUT2D eigenvalue weighted by atomic mass is 9.83. The van der Waals surface area contributed by atoms with Gasteiger partial charge in [-0.2, -0.15) is 0 Å². The van der Waals surface area contributed by atoms with Crippen molar-refractivity contribution in [3.63, 3.8) is 0 Å². The highest BCUT2D eigenvalue weighted by Crippen LogP contribution is 2.37. The zero-order valence-electron chi connectivity index (χ0n) is 11.1. The van der Waals surface area contributed by atoms with Gasteiger partial charge in [0.25, 0.3) is 2.86 Å². The van der Waals surface area contributed by atoms with Gasteiger partial charge in [-0.25, -0.2) is 0 Å². The molecule has 0 bridgehead atoms. The second-order valence-corrected chi connectivity index (χ2v) is 4.02. The molecule has 0 fully saturated rings. The van der Waals surface area contributed by atoms with Gasteiger partial charge < -0.3 is 10.2 Å². The maximum Gasteiger partial charge on any atom is 0.293 e. The quantitative estimate of drug-likeness (QED) is 0.673. The van der Waals surface area contributed by atoms with Crippen LogP contribution in [0.1, 0.15) is 31.8 Å². The van der Waals surface area contributed by atoms with Crippen molar-refractivity contribution in [2.45, 2.75) is 0 Å². The minimum atomic E-state index is -0.420. The highest BCUT2D eigenvalue weighted by atomic mass is 16.3. The molecule has 0 saturated carbocycles. The molecule has 1 aliphatic carbocycles. The molecule has 0 heterocycles. The SMILES string of the molecule is [2H]Oc1ccc2c(c1O[2H])C(=O)c1ccccc1C2=O. The van der Waals surface area contributed by atoms with Crippen molar-refractivity contribution in [2.24, 2.45) is 0 Å². The summed E-state index contributed by atoms with van der Waals surface area (Å²) < 4.78 is 13.9. The zero-order valence-corrected chi connectivity index (χ0v) is 9.10. The number of phenolic OH excluding ortho intramolecular Hbond substituents is 2. The molecule has 0 unspecified atom stereocenters. The summed E-state index contributed by atoms with van der Waals surface area (Å²) in [4.78, 5) is 24.8. The van der Waals surface area contributed by atoms with Gasteiger partial charge in [-0.15, -0.1) is 0 Å². The van der Waals surface area contributed by atoms with Crippen molar-refractivity contribution >= 4 is 11.6 Å². The molecular formula is C14H8O4. The van der Waals surface area contributed by atoms with Gasteiger partial charge in [0.05, 0.1) is 5.56 Å². The van der Waals surface area contributed by atoms with E-state index >= 15 is 0 Å². The van der Waals surface area contributed by atoms with Gasteiger partial charge in [0.1, 0.15) is 0 Å². The van der Waals surface area contributed by atoms with Crippen molar-refractivity contribution < 1.29 is 19.8 Å². The predicted octanol–water partition coefficient (Wildman–Crippen LogP) is 1.87. The maximum absolute atomic E-state index is 12.5. The van der Waals surface area contributed by atoms with Gasteiger partial charge in [0.15, 0.2) is 23.1 Å². The fourth-order valence-corrected chi connectivity index (χ4v) is 2.14. The molecule has 2 aromatic rings. The van der Waals surface area contributed by atoms with Crippen LogP contribution >= 0.6 is 0 Å². The second kappa shape index (κ2) is 3.43. The summed E-state index contributed by atoms with van der Waals surface area (Å²) in [6, 6.07) is 9.18. The Morgan fingerprint density at radius 2 is 1.56 bits per heavy atom. The molecule has 0 atom stereocenters. The molecule has 4 heteroatoms. The maximum atomic E-state index is 12.5. The van der Waals surface area contributed by atoms with Gasteiger partial charge in [0.2, 0.25) is 0 Å². The number of hydrogen-bond acceptors (Lipinski definition) is 4. The molecule has 2 aromatic carbocycles. The van der Waals surface area contributed by atoms with Crippen LogP contribution in [-0.2, 0) is 0 Å². The van der Waals surface area contributed by atoms with Crippen LogP contribution in [0.5, 0.6) is 11.5 Å². The Morgan fingerprint density at radius 1 is 0.833 bits per heavy atom. The van der Waals surface area contributed by atoms with E-state index in [-0.39, 0.29) is 34.0 Å². The van der Waals surface area contributed by atoms with Crippen LogP contribution in [0.4, 0.5) is 0 Å². The standard InChI is InChI=1S/C14H8O4/c15-10-6-5-9-11(14(10)18)13(17)8-4-2-1-3-7(8)12(9)16/h1-6,15,18H/i/hD2. The predicted molar refractivity (Wildman–Crippen MR) is 63.1 cm³/mol. The molecule has 0 radical (unpaired) electrons. The Balaban J connectivity index is 2.33. The van der Waals surface area contributed by atoms with Crippen LogP contribution in [0.2, 0.25) is 0 Å². The van der Waals surface area contributed by atoms with E-state index in [0.29, 0.717) is 5.56 Å². The monoisotopic (exact) mass is 242 g/mol. The summed E-state index contributed by atoms with van der Waals surface area (Å²) >= 11 is 0. The van der Waals surface area contributed by atoms with E-state index < -0.39 is 5.78 Å². The van der Waals surface area contributed by atoms with Gasteiger partial charge in [-0.1, -0.05) is 24.3 Å². The minimum absolute atomic E-state index is 0.0338. The number of ketones is 2. The number of rotatable bonds is 2. The van der Waals surface area contributed by atoms with Gasteiger partial charge >= 0.3 is 0 Å². The van der Waals surface area contributed by atoms with E-state index in [9.17, 15) is 9.59 Å². The van der Waals surface area contributed by atoms with E-state index in [1.807, 2.05) is 0 Å². The normalized spacial score (nSPS) is 14.2. The van der Waals surface area contributed by atoms with E-state index in [2.05, 4.69) is 10.2 Å². The molecule has 0 spiro atoms. The Bertz CT molecular complexity index is 740. The fourth-order valence-electron chi connectivity index (χ4n) is 2.14. The Labute approximate surface area is 105 Å². The third-order valence-corrected chi connectivity index (χ3v) is 3.01. The minimum Gasteiger partial charge on any atom is -0.504 e. The number of fused-ring (bicyclic) bond motifs is 2. The Morgan fingerprint density at radius 3 is 2.22 bits per heavy atom. The molecule has 3 rings (SSSR count). The molecule has 0 saturated heterocycles. The van der Waals surface area contributed by atoms with E-state index in [0.717, 1.165) is 0 Å². The third-order valence-electron chi connectivity index (χ3n) is 3.01. The fraction of sp³-hybridized carbons (Fsp3) is 0. The zero-order chi connectivity index (χ0) is 14.3. The lowest BCUT2D eigenvalue weighted by Gasteiger charge is -2.18. The van der Waals surface area contributed by atoms with Crippen LogP contribution in [0.3, 0.4) is 0 Å². The molecular weight excluding hydrogens is 232 g/mol. The number of hydrogen-bond donors (Lipinski definition) is 2. The first-order valence-electron chi connectivity index (χ1n) is 6.12. The molecule has 88 valence electrons. The van der Waals surface area contributed by atoms with Gasteiger partial charge in [-0.05, 0) is 12.1 Å². The van der Waals surface area contributed by atoms with Crippen molar-refractivity contribution in [1.82, 2.24) is 0 Å². The van der Waals surface area contributed by atoms with Crippen LogP contribution in [0.15, 0.2) is 36.4 Å². The summed E-state index contributed by atoms with van der Waals surface area (Å²) in [5, 5.41) is 8.72. The van der Waals surface area contributed by atoms with E-state index in [1.54, 1.807) is 24.3 Å². The van der Waals surface area contributed by atoms with Crippen LogP contribution in [0.25, 0.3) is 0 Å². The summed E-state index contributed by atoms with van der Waals surface area (Å²) in [6.07, 6.45) is 0. The lowest BCUT2D eigenvalue weighted by molar-refractivity contribution is 0.0976. The number of carbonyl (C=O) groups excluding carboxylic acids is 2. The molecule has 2 N–H and O–H groups in total. The Kier molecular flexibility index (Phi) is 1.62. The van der Waals surface area contributed by atoms with Crippen molar-refractivity contribution in [1.29, 1.82) is 2.86 Å².